The van der Waals surface area contributed by atoms with Gasteiger partial charge >= 0.3 is 0 Å². The third-order valence-corrected chi connectivity index (χ3v) is 5.58. The largest absolute Gasteiger partial charge is 0.254 e. The number of benzene rings is 3. The zero-order chi connectivity index (χ0) is 17.3. The first-order valence-corrected chi connectivity index (χ1v) is 8.98. The summed E-state index contributed by atoms with van der Waals surface area (Å²) in [4.78, 5) is 9.69. The highest BCUT2D eigenvalue weighted by Gasteiger charge is 2.22. The molecule has 0 radical (unpaired) electrons. The molecule has 2 heterocycles. The maximum absolute atomic E-state index is 5.07. The maximum atomic E-state index is 5.07. The number of pyridine rings is 2. The van der Waals surface area contributed by atoms with Crippen LogP contribution in [-0.2, 0) is 6.42 Å². The first-order chi connectivity index (χ1) is 12.8. The molecule has 3 aromatic carbocycles. The van der Waals surface area contributed by atoms with Crippen LogP contribution in [0.1, 0.15) is 16.8 Å². The topological polar surface area (TPSA) is 25.8 Å². The summed E-state index contributed by atoms with van der Waals surface area (Å²) < 4.78 is 0. The molecule has 0 spiro atoms. The lowest BCUT2D eigenvalue weighted by Crippen LogP contribution is -1.92. The summed E-state index contributed by atoms with van der Waals surface area (Å²) in [6, 6.07) is 21.9. The lowest BCUT2D eigenvalue weighted by Gasteiger charge is -2.09. The van der Waals surface area contributed by atoms with E-state index in [-0.39, 0.29) is 0 Å². The lowest BCUT2D eigenvalue weighted by atomic mass is 9.99. The molecule has 0 amide bonds. The molecule has 1 aliphatic carbocycles. The summed E-state index contributed by atoms with van der Waals surface area (Å²) in [5.74, 6) is 0. The quantitative estimate of drug-likeness (QED) is 0.328. The Morgan fingerprint density at radius 3 is 2.46 bits per heavy atom. The SMILES string of the molecule is Cc1cc2cc3c(nc2c2ncccc12)Cc1cc2ccccc2cc1-3. The van der Waals surface area contributed by atoms with Crippen molar-refractivity contribution in [1.29, 1.82) is 0 Å². The Morgan fingerprint density at radius 2 is 1.58 bits per heavy atom. The minimum Gasteiger partial charge on any atom is -0.254 e. The second-order valence-corrected chi connectivity index (χ2v) is 7.18. The van der Waals surface area contributed by atoms with Crippen LogP contribution in [0, 0.1) is 6.92 Å². The summed E-state index contributed by atoms with van der Waals surface area (Å²) >= 11 is 0. The summed E-state index contributed by atoms with van der Waals surface area (Å²) in [5.41, 5.74) is 8.40. The van der Waals surface area contributed by atoms with Gasteiger partial charge in [-0.1, -0.05) is 36.4 Å². The van der Waals surface area contributed by atoms with Gasteiger partial charge in [-0.2, -0.15) is 0 Å². The van der Waals surface area contributed by atoms with Gasteiger partial charge in [0.15, 0.2) is 0 Å². The molecule has 0 N–H and O–H groups in total. The molecule has 0 saturated heterocycles. The Hall–Kier alpha value is -3.26. The van der Waals surface area contributed by atoms with Crippen molar-refractivity contribution in [1.82, 2.24) is 9.97 Å². The molecule has 6 rings (SSSR count). The standard InChI is InChI=1S/C24H16N2/c1-14-9-18-12-21-20-11-16-6-3-2-5-15(16)10-17(20)13-22(21)26-23(18)24-19(14)7-4-8-25-24/h2-12H,13H2,1H3. The van der Waals surface area contributed by atoms with E-state index in [0.717, 1.165) is 17.5 Å². The highest BCUT2D eigenvalue weighted by atomic mass is 14.8. The molecular formula is C24H16N2. The molecule has 0 aliphatic heterocycles. The Balaban J connectivity index is 1.69. The molecule has 122 valence electrons. The highest BCUT2D eigenvalue weighted by Crippen LogP contribution is 2.40. The predicted octanol–water partition coefficient (Wildman–Crippen LogP) is 5.82. The molecule has 0 fully saturated rings. The van der Waals surface area contributed by atoms with Crippen molar-refractivity contribution in [3.63, 3.8) is 0 Å². The number of hydrogen-bond acceptors (Lipinski definition) is 2. The van der Waals surface area contributed by atoms with Gasteiger partial charge in [0.25, 0.3) is 0 Å². The third kappa shape index (κ3) is 1.81. The highest BCUT2D eigenvalue weighted by molar-refractivity contribution is 6.06. The fourth-order valence-corrected chi connectivity index (χ4v) is 4.32. The molecule has 0 saturated carbocycles. The molecular weight excluding hydrogens is 316 g/mol. The fourth-order valence-electron chi connectivity index (χ4n) is 4.32. The third-order valence-electron chi connectivity index (χ3n) is 5.58. The summed E-state index contributed by atoms with van der Waals surface area (Å²) in [6.45, 7) is 2.15. The second-order valence-electron chi connectivity index (χ2n) is 7.18. The number of aryl methyl sites for hydroxylation is 1. The lowest BCUT2D eigenvalue weighted by molar-refractivity contribution is 1.15. The zero-order valence-electron chi connectivity index (χ0n) is 14.5. The van der Waals surface area contributed by atoms with Gasteiger partial charge in [0, 0.05) is 29.0 Å². The van der Waals surface area contributed by atoms with Gasteiger partial charge in [0.05, 0.1) is 16.7 Å². The van der Waals surface area contributed by atoms with Crippen LogP contribution in [0.2, 0.25) is 0 Å². The minimum absolute atomic E-state index is 0.896. The van der Waals surface area contributed by atoms with Crippen LogP contribution < -0.4 is 0 Å². The molecule has 0 bridgehead atoms. The van der Waals surface area contributed by atoms with Crippen LogP contribution in [-0.4, -0.2) is 9.97 Å². The smallest absolute Gasteiger partial charge is 0.0968 e. The van der Waals surface area contributed by atoms with Gasteiger partial charge < -0.3 is 0 Å². The van der Waals surface area contributed by atoms with Gasteiger partial charge in [-0.05, 0) is 58.7 Å². The van der Waals surface area contributed by atoms with Crippen LogP contribution in [0.15, 0.2) is 66.9 Å². The van der Waals surface area contributed by atoms with E-state index in [4.69, 9.17) is 4.98 Å². The van der Waals surface area contributed by atoms with E-state index in [1.165, 1.54) is 49.5 Å². The monoisotopic (exact) mass is 332 g/mol. The molecule has 0 atom stereocenters. The van der Waals surface area contributed by atoms with Crippen molar-refractivity contribution in [2.75, 3.05) is 0 Å². The van der Waals surface area contributed by atoms with Gasteiger partial charge in [0.1, 0.15) is 0 Å². The van der Waals surface area contributed by atoms with E-state index < -0.39 is 0 Å². The molecule has 0 unspecified atom stereocenters. The van der Waals surface area contributed by atoms with Gasteiger partial charge in [-0.15, -0.1) is 0 Å². The first-order valence-electron chi connectivity index (χ1n) is 8.98. The Morgan fingerprint density at radius 1 is 0.769 bits per heavy atom. The van der Waals surface area contributed by atoms with Crippen molar-refractivity contribution < 1.29 is 0 Å². The second kappa shape index (κ2) is 4.89. The Kier molecular flexibility index (Phi) is 2.63. The summed E-state index contributed by atoms with van der Waals surface area (Å²) in [6.07, 6.45) is 2.76. The van der Waals surface area contributed by atoms with Crippen molar-refractivity contribution >= 4 is 32.6 Å². The van der Waals surface area contributed by atoms with Crippen LogP contribution >= 0.6 is 0 Å². The molecule has 2 nitrogen and oxygen atoms in total. The Bertz CT molecular complexity index is 1370. The van der Waals surface area contributed by atoms with Crippen LogP contribution in [0.5, 0.6) is 0 Å². The average molecular weight is 332 g/mol. The zero-order valence-corrected chi connectivity index (χ0v) is 14.5. The summed E-state index contributed by atoms with van der Waals surface area (Å²) in [5, 5.41) is 4.95. The number of hydrogen-bond donors (Lipinski definition) is 0. The van der Waals surface area contributed by atoms with E-state index in [0.29, 0.717) is 0 Å². The number of rotatable bonds is 0. The van der Waals surface area contributed by atoms with Crippen molar-refractivity contribution in [2.24, 2.45) is 0 Å². The van der Waals surface area contributed by atoms with E-state index in [2.05, 4.69) is 66.5 Å². The predicted molar refractivity (Wildman–Crippen MR) is 108 cm³/mol. The van der Waals surface area contributed by atoms with Gasteiger partial charge in [-0.3, -0.25) is 4.98 Å². The normalized spacial score (nSPS) is 12.7. The first kappa shape index (κ1) is 14.0. The van der Waals surface area contributed by atoms with Crippen molar-refractivity contribution in [3.05, 3.63) is 83.7 Å². The van der Waals surface area contributed by atoms with Crippen LogP contribution in [0.4, 0.5) is 0 Å². The number of aromatic nitrogens is 2. The minimum atomic E-state index is 0.896. The average Bonchev–Trinajstić information content (AvgIpc) is 3.01. The van der Waals surface area contributed by atoms with Crippen LogP contribution in [0.25, 0.3) is 43.7 Å². The van der Waals surface area contributed by atoms with Crippen molar-refractivity contribution in [2.45, 2.75) is 13.3 Å². The van der Waals surface area contributed by atoms with Gasteiger partial charge in [0.2, 0.25) is 0 Å². The summed E-state index contributed by atoms with van der Waals surface area (Å²) in [7, 11) is 0. The number of nitrogens with zero attached hydrogens (tertiary/aromatic N) is 2. The molecule has 26 heavy (non-hydrogen) atoms. The Labute approximate surface area is 151 Å². The molecule has 1 aliphatic rings. The molecule has 2 heteroatoms. The molecule has 5 aromatic rings. The van der Waals surface area contributed by atoms with E-state index in [1.54, 1.807) is 0 Å². The van der Waals surface area contributed by atoms with Crippen LogP contribution in [0.3, 0.4) is 0 Å². The maximum Gasteiger partial charge on any atom is 0.0968 e. The van der Waals surface area contributed by atoms with E-state index >= 15 is 0 Å². The van der Waals surface area contributed by atoms with E-state index in [9.17, 15) is 0 Å². The van der Waals surface area contributed by atoms with Gasteiger partial charge in [-0.25, -0.2) is 4.98 Å². The van der Waals surface area contributed by atoms with Crippen molar-refractivity contribution in [3.8, 4) is 11.1 Å². The van der Waals surface area contributed by atoms with E-state index in [1.807, 2.05) is 12.3 Å². The number of fused-ring (bicyclic) bond motifs is 7. The fraction of sp³-hybridized carbons (Fsp3) is 0.0833. The molecule has 2 aromatic heterocycles.